The minimum Gasteiger partial charge on any atom is -0.492 e. The average Bonchev–Trinajstić information content (AvgIpc) is 3.31. The Morgan fingerprint density at radius 3 is 2.66 bits per heavy atom. The second kappa shape index (κ2) is 10.4. The van der Waals surface area contributed by atoms with Gasteiger partial charge in [0.05, 0.1) is 35.5 Å². The molecule has 0 spiro atoms. The summed E-state index contributed by atoms with van der Waals surface area (Å²) in [5.74, 6) is 0.273. The SMILES string of the molecule is Fc1ccc(F)c(CN2CCCCc3ncc(-c4ccc(OCCn5ccnc5)cc4)nc32)c1Cl. The van der Waals surface area contributed by atoms with Gasteiger partial charge in [-0.25, -0.2) is 18.7 Å². The number of rotatable bonds is 7. The van der Waals surface area contributed by atoms with Crippen LogP contribution in [0.15, 0.2) is 61.3 Å². The van der Waals surface area contributed by atoms with Gasteiger partial charge in [-0.05, 0) is 55.7 Å². The summed E-state index contributed by atoms with van der Waals surface area (Å²) in [6.07, 6.45) is 9.76. The molecule has 6 nitrogen and oxygen atoms in total. The zero-order valence-electron chi connectivity index (χ0n) is 19.0. The summed E-state index contributed by atoms with van der Waals surface area (Å²) in [6, 6.07) is 9.82. The topological polar surface area (TPSA) is 56.1 Å². The van der Waals surface area contributed by atoms with E-state index in [1.54, 1.807) is 18.7 Å². The molecule has 2 aromatic heterocycles. The predicted molar refractivity (Wildman–Crippen MR) is 131 cm³/mol. The van der Waals surface area contributed by atoms with Gasteiger partial charge in [0.1, 0.15) is 24.0 Å². The quantitative estimate of drug-likeness (QED) is 0.308. The lowest BCUT2D eigenvalue weighted by molar-refractivity contribution is 0.298. The number of aromatic nitrogens is 4. The molecule has 0 saturated carbocycles. The molecule has 0 bridgehead atoms. The van der Waals surface area contributed by atoms with Crippen LogP contribution in [-0.4, -0.2) is 32.7 Å². The van der Waals surface area contributed by atoms with Crippen LogP contribution in [0.1, 0.15) is 24.1 Å². The molecule has 0 aliphatic carbocycles. The molecule has 5 rings (SSSR count). The molecule has 0 amide bonds. The molecule has 0 unspecified atom stereocenters. The van der Waals surface area contributed by atoms with E-state index < -0.39 is 11.6 Å². The molecule has 35 heavy (non-hydrogen) atoms. The summed E-state index contributed by atoms with van der Waals surface area (Å²) >= 11 is 6.10. The van der Waals surface area contributed by atoms with E-state index in [-0.39, 0.29) is 17.1 Å². The van der Waals surface area contributed by atoms with E-state index in [1.165, 1.54) is 0 Å². The third-order valence-corrected chi connectivity index (χ3v) is 6.44. The number of halogens is 3. The summed E-state index contributed by atoms with van der Waals surface area (Å²) in [5.41, 5.74) is 2.57. The zero-order valence-corrected chi connectivity index (χ0v) is 19.8. The maximum Gasteiger partial charge on any atom is 0.151 e. The van der Waals surface area contributed by atoms with Crippen molar-refractivity contribution >= 4 is 17.4 Å². The highest BCUT2D eigenvalue weighted by atomic mass is 35.5. The molecular weight excluding hydrogens is 472 g/mol. The van der Waals surface area contributed by atoms with Crippen LogP contribution in [-0.2, 0) is 19.5 Å². The van der Waals surface area contributed by atoms with E-state index in [0.717, 1.165) is 48.4 Å². The molecule has 3 heterocycles. The van der Waals surface area contributed by atoms with Gasteiger partial charge in [-0.2, -0.15) is 0 Å². The summed E-state index contributed by atoms with van der Waals surface area (Å²) in [4.78, 5) is 15.5. The first-order valence-electron chi connectivity index (χ1n) is 11.5. The summed E-state index contributed by atoms with van der Waals surface area (Å²) in [5, 5.41) is -0.191. The minimum atomic E-state index is -0.634. The van der Waals surface area contributed by atoms with Crippen LogP contribution in [0.3, 0.4) is 0 Å². The van der Waals surface area contributed by atoms with Crippen molar-refractivity contribution < 1.29 is 13.5 Å². The smallest absolute Gasteiger partial charge is 0.151 e. The Bertz CT molecular complexity index is 1300. The number of benzene rings is 2. The first-order chi connectivity index (χ1) is 17.1. The number of nitrogens with zero attached hydrogens (tertiary/aromatic N) is 5. The third-order valence-electron chi connectivity index (χ3n) is 6.03. The van der Waals surface area contributed by atoms with Gasteiger partial charge < -0.3 is 14.2 Å². The Labute approximate surface area is 207 Å². The van der Waals surface area contributed by atoms with Crippen molar-refractivity contribution in [3.05, 3.63) is 89.2 Å². The van der Waals surface area contributed by atoms with Gasteiger partial charge in [0, 0.05) is 36.6 Å². The van der Waals surface area contributed by atoms with Gasteiger partial charge in [-0.1, -0.05) is 11.6 Å². The van der Waals surface area contributed by atoms with Crippen LogP contribution >= 0.6 is 11.6 Å². The molecule has 180 valence electrons. The predicted octanol–water partition coefficient (Wildman–Crippen LogP) is 5.69. The Hall–Kier alpha value is -3.52. The highest BCUT2D eigenvalue weighted by molar-refractivity contribution is 6.31. The van der Waals surface area contributed by atoms with E-state index in [4.69, 9.17) is 21.3 Å². The Morgan fingerprint density at radius 1 is 1.03 bits per heavy atom. The fraction of sp³-hybridized carbons (Fsp3) is 0.269. The lowest BCUT2D eigenvalue weighted by Crippen LogP contribution is -2.26. The highest BCUT2D eigenvalue weighted by Gasteiger charge is 2.22. The summed E-state index contributed by atoms with van der Waals surface area (Å²) in [7, 11) is 0. The van der Waals surface area contributed by atoms with Gasteiger partial charge in [0.25, 0.3) is 0 Å². The van der Waals surface area contributed by atoms with Gasteiger partial charge in [0.2, 0.25) is 0 Å². The molecule has 0 radical (unpaired) electrons. The van der Waals surface area contributed by atoms with Gasteiger partial charge in [-0.3, -0.25) is 4.98 Å². The number of imidazole rings is 1. The Kier molecular flexibility index (Phi) is 6.90. The monoisotopic (exact) mass is 495 g/mol. The van der Waals surface area contributed by atoms with Gasteiger partial charge in [0.15, 0.2) is 5.82 Å². The van der Waals surface area contributed by atoms with Crippen molar-refractivity contribution in [2.45, 2.75) is 32.4 Å². The van der Waals surface area contributed by atoms with Crippen molar-refractivity contribution in [2.75, 3.05) is 18.1 Å². The third kappa shape index (κ3) is 5.27. The minimum absolute atomic E-state index is 0.122. The number of aryl methyl sites for hydroxylation is 1. The average molecular weight is 496 g/mol. The van der Waals surface area contributed by atoms with Crippen LogP contribution < -0.4 is 9.64 Å². The first kappa shape index (κ1) is 23.2. The molecule has 1 aliphatic rings. The fourth-order valence-electron chi connectivity index (χ4n) is 4.14. The van der Waals surface area contributed by atoms with Crippen LogP contribution in [0.2, 0.25) is 5.02 Å². The standard InChI is InChI=1S/C26H24ClF2N5O/c27-25-20(21(28)8-9-22(25)29)16-34-11-2-1-3-23-26(34)32-24(15-31-23)18-4-6-19(7-5-18)35-14-13-33-12-10-30-17-33/h4-10,12,15,17H,1-3,11,13-14,16H2. The van der Waals surface area contributed by atoms with Crippen LogP contribution in [0.4, 0.5) is 14.6 Å². The number of anilines is 1. The second-order valence-electron chi connectivity index (χ2n) is 8.40. The van der Waals surface area contributed by atoms with E-state index in [2.05, 4.69) is 9.97 Å². The first-order valence-corrected chi connectivity index (χ1v) is 11.9. The van der Waals surface area contributed by atoms with Crippen LogP contribution in [0.5, 0.6) is 5.75 Å². The van der Waals surface area contributed by atoms with Gasteiger partial charge >= 0.3 is 0 Å². The number of hydrogen-bond donors (Lipinski definition) is 0. The van der Waals surface area contributed by atoms with E-state index in [9.17, 15) is 8.78 Å². The highest BCUT2D eigenvalue weighted by Crippen LogP contribution is 2.31. The molecule has 0 fully saturated rings. The van der Waals surface area contributed by atoms with Crippen molar-refractivity contribution in [3.8, 4) is 17.0 Å². The number of fused-ring (bicyclic) bond motifs is 1. The van der Waals surface area contributed by atoms with Crippen LogP contribution in [0.25, 0.3) is 11.3 Å². The van der Waals surface area contributed by atoms with Crippen LogP contribution in [0, 0.1) is 11.6 Å². The second-order valence-corrected chi connectivity index (χ2v) is 8.78. The number of hydrogen-bond acceptors (Lipinski definition) is 5. The van der Waals surface area contributed by atoms with E-state index in [0.29, 0.717) is 31.2 Å². The molecule has 0 atom stereocenters. The molecular formula is C26H24ClF2N5O. The van der Waals surface area contributed by atoms with Crippen molar-refractivity contribution in [2.24, 2.45) is 0 Å². The van der Waals surface area contributed by atoms with Crippen molar-refractivity contribution in [3.63, 3.8) is 0 Å². The number of ether oxygens (including phenoxy) is 1. The maximum absolute atomic E-state index is 14.5. The largest absolute Gasteiger partial charge is 0.492 e. The molecule has 0 N–H and O–H groups in total. The van der Waals surface area contributed by atoms with E-state index >= 15 is 0 Å². The van der Waals surface area contributed by atoms with Gasteiger partial charge in [-0.15, -0.1) is 0 Å². The Balaban J connectivity index is 1.35. The summed E-state index contributed by atoms with van der Waals surface area (Å²) < 4.78 is 36.3. The zero-order chi connectivity index (χ0) is 24.2. The lowest BCUT2D eigenvalue weighted by Gasteiger charge is -2.24. The Morgan fingerprint density at radius 2 is 1.86 bits per heavy atom. The van der Waals surface area contributed by atoms with Crippen molar-refractivity contribution in [1.82, 2.24) is 19.5 Å². The lowest BCUT2D eigenvalue weighted by atomic mass is 10.1. The molecule has 1 aliphatic heterocycles. The summed E-state index contributed by atoms with van der Waals surface area (Å²) in [6.45, 7) is 2.02. The molecule has 9 heteroatoms. The normalized spacial score (nSPS) is 13.4. The molecule has 4 aromatic rings. The maximum atomic E-state index is 14.5. The molecule has 0 saturated heterocycles. The molecule has 2 aromatic carbocycles. The fourth-order valence-corrected chi connectivity index (χ4v) is 4.36. The van der Waals surface area contributed by atoms with Crippen molar-refractivity contribution in [1.29, 1.82) is 0 Å². The van der Waals surface area contributed by atoms with E-state index in [1.807, 2.05) is 39.9 Å².